The summed E-state index contributed by atoms with van der Waals surface area (Å²) < 4.78 is 25.2. The van der Waals surface area contributed by atoms with Crippen LogP contribution in [0.2, 0.25) is 0 Å². The molecule has 0 atom stereocenters. The van der Waals surface area contributed by atoms with E-state index in [0.29, 0.717) is 0 Å². The molecule has 0 aromatic heterocycles. The van der Waals surface area contributed by atoms with Crippen LogP contribution in [0.3, 0.4) is 0 Å². The molecule has 0 rings (SSSR count). The molecule has 3 nitrogen and oxygen atoms in total. The van der Waals surface area contributed by atoms with E-state index in [9.17, 15) is 0 Å². The second-order valence-corrected chi connectivity index (χ2v) is 0. The van der Waals surface area contributed by atoms with Crippen molar-refractivity contribution in [3.63, 3.8) is 0 Å². The number of halogens is 6. The molecule has 0 fully saturated rings. The summed E-state index contributed by atoms with van der Waals surface area (Å²) in [5, 5.41) is 11.0. The molecule has 0 bridgehead atoms. The molecule has 2 N–H and O–H groups in total. The molecule has 12 heavy (non-hydrogen) atoms. The zero-order valence-electron chi connectivity index (χ0n) is 8.19. The van der Waals surface area contributed by atoms with Crippen LogP contribution < -0.4 is 37.7 Å². The van der Waals surface area contributed by atoms with Crippen molar-refractivity contribution in [2.45, 2.75) is 0 Å². The Morgan fingerprint density at radius 2 is 0.750 bits per heavy atom. The van der Waals surface area contributed by atoms with Gasteiger partial charge in [0, 0.05) is 0 Å². The second-order valence-electron chi connectivity index (χ2n) is 0. The molecule has 0 aliphatic heterocycles. The Morgan fingerprint density at radius 3 is 0.750 bits per heavy atom. The molecular formula is H8F6Li2O3Ti. The van der Waals surface area contributed by atoms with Crippen molar-refractivity contribution >= 4 is 0 Å². The molecule has 0 amide bonds. The minimum atomic E-state index is 0. The van der Waals surface area contributed by atoms with E-state index in [0.717, 1.165) is 20.4 Å². The molecule has 0 aliphatic rings. The third kappa shape index (κ3) is 799. The standard InChI is InChI=1S/2FHO.4FH.2Li.O.Ti.2H/c2*1-2;;;;;;;;;;/h2*2H;4*1H;;;;;;/q;;;;;;2*+1;;;2*-1. The van der Waals surface area contributed by atoms with Gasteiger partial charge >= 0.3 is 61.5 Å². The normalized spacial score (nSPS) is 1.25. The van der Waals surface area contributed by atoms with Crippen LogP contribution in [0.5, 0.6) is 0 Å². The Morgan fingerprint density at radius 1 is 0.750 bits per heavy atom. The summed E-state index contributed by atoms with van der Waals surface area (Å²) in [6, 6.07) is 0. The third-order valence-corrected chi connectivity index (χ3v) is 0. The molecule has 0 spiro atoms. The van der Waals surface area contributed by atoms with E-state index in [-0.39, 0.29) is 59.4 Å². The summed E-state index contributed by atoms with van der Waals surface area (Å²) in [5.41, 5.74) is 0. The molecule has 0 aromatic rings. The van der Waals surface area contributed by atoms with E-state index in [2.05, 4.69) is 0 Å². The maximum absolute atomic E-state index is 8.50. The Kier molecular flexibility index (Phi) is 9720. The van der Waals surface area contributed by atoms with Crippen LogP contribution >= 0.6 is 0 Å². The van der Waals surface area contributed by atoms with Gasteiger partial charge in [-0.05, 0) is 0 Å². The quantitative estimate of drug-likeness (QED) is 0.323. The summed E-state index contributed by atoms with van der Waals surface area (Å²) in [5.74, 6) is 0. The van der Waals surface area contributed by atoms with E-state index >= 15 is 0 Å². The van der Waals surface area contributed by atoms with Crippen molar-refractivity contribution in [2.75, 3.05) is 0 Å². The predicted octanol–water partition coefficient (Wildman–Crippen LogP) is -5.55. The van der Waals surface area contributed by atoms with Gasteiger partial charge in [-0.1, -0.05) is 9.05 Å². The summed E-state index contributed by atoms with van der Waals surface area (Å²) >= 11 is 0.750. The molecule has 0 heterocycles. The van der Waals surface area contributed by atoms with Crippen LogP contribution in [0, 0.1) is 0 Å². The molecule has 74 valence electrons. The van der Waals surface area contributed by atoms with Crippen LogP contribution in [-0.2, 0) is 23.7 Å². The Labute approximate surface area is 103 Å². The Balaban J connectivity index is -0.000000000833. The molecule has 12 heteroatoms. The molecule has 0 aliphatic carbocycles. The molecule has 0 aromatic carbocycles. The van der Waals surface area contributed by atoms with Crippen molar-refractivity contribution in [1.29, 1.82) is 0 Å². The van der Waals surface area contributed by atoms with E-state index in [4.69, 9.17) is 23.0 Å². The van der Waals surface area contributed by atoms with Gasteiger partial charge in [0.1, 0.15) is 0 Å². The van der Waals surface area contributed by atoms with Crippen molar-refractivity contribution in [3.8, 4) is 0 Å². The van der Waals surface area contributed by atoms with Gasteiger partial charge in [0.05, 0.1) is 0 Å². The Bertz CT molecular complexity index is 29.0. The van der Waals surface area contributed by atoms with Crippen LogP contribution in [0.4, 0.5) is 27.9 Å². The minimum absolute atomic E-state index is 0. The number of hydrogen-bond acceptors (Lipinski definition) is 3. The maximum atomic E-state index is 8.50. The Hall–Kier alpha value is 1.21. The van der Waals surface area contributed by atoms with Crippen molar-refractivity contribution in [3.05, 3.63) is 0 Å². The first kappa shape index (κ1) is 111. The van der Waals surface area contributed by atoms with E-state index in [1.807, 2.05) is 0 Å². The number of hydrogen-bond donors (Lipinski definition) is 2. The van der Waals surface area contributed by atoms with Crippen LogP contribution in [0.25, 0.3) is 0 Å². The van der Waals surface area contributed by atoms with Crippen LogP contribution in [0.1, 0.15) is 2.85 Å². The summed E-state index contributed by atoms with van der Waals surface area (Å²) in [7, 11) is 0. The molecule has 0 unspecified atom stereocenters. The van der Waals surface area contributed by atoms with Crippen molar-refractivity contribution in [1.82, 2.24) is 0 Å². The van der Waals surface area contributed by atoms with Crippen LogP contribution in [-0.4, -0.2) is 10.6 Å². The fourth-order valence-electron chi connectivity index (χ4n) is 0. The van der Waals surface area contributed by atoms with Gasteiger partial charge in [-0.25, -0.2) is 10.6 Å². The fraction of sp³-hybridized carbons (Fsp3) is 0. The SMILES string of the molecule is F.F.F.F.OF.OF.[H-].[H-].[Li+].[Li+].[O]=[Ti]. The molecule has 0 saturated heterocycles. The van der Waals surface area contributed by atoms with Gasteiger partial charge in [-0.15, -0.1) is 0 Å². The molecular weight excluding hydrogens is 224 g/mol. The van der Waals surface area contributed by atoms with E-state index in [1.54, 1.807) is 0 Å². The predicted molar refractivity (Wildman–Crippen MR) is 19.6 cm³/mol. The number of rotatable bonds is 0. The third-order valence-electron chi connectivity index (χ3n) is 0. The summed E-state index contributed by atoms with van der Waals surface area (Å²) in [6.07, 6.45) is 0. The van der Waals surface area contributed by atoms with Crippen molar-refractivity contribution in [2.24, 2.45) is 0 Å². The van der Waals surface area contributed by atoms with Gasteiger partial charge in [0.25, 0.3) is 0 Å². The zero-order valence-corrected chi connectivity index (χ0v) is 7.75. The summed E-state index contributed by atoms with van der Waals surface area (Å²) in [4.78, 5) is 0. The first-order chi connectivity index (χ1) is 3.00. The zero-order chi connectivity index (χ0) is 6.00. The van der Waals surface area contributed by atoms with Gasteiger partial charge in [0.2, 0.25) is 0 Å². The first-order valence-electron chi connectivity index (χ1n) is 0.542. The van der Waals surface area contributed by atoms with E-state index < -0.39 is 0 Å². The average molecular weight is 232 g/mol. The fourth-order valence-corrected chi connectivity index (χ4v) is 0. The monoisotopic (exact) mass is 232 g/mol. The van der Waals surface area contributed by atoms with Crippen molar-refractivity contribution < 1.29 is 103 Å². The van der Waals surface area contributed by atoms with Gasteiger partial charge in [0.15, 0.2) is 0 Å². The molecule has 0 saturated carbocycles. The topological polar surface area (TPSA) is 57.5 Å². The average Bonchev–Trinajstić information content (AvgIpc) is 1.81. The van der Waals surface area contributed by atoms with Gasteiger partial charge in [-0.3, -0.25) is 18.8 Å². The van der Waals surface area contributed by atoms with Gasteiger partial charge < -0.3 is 2.85 Å². The van der Waals surface area contributed by atoms with Crippen LogP contribution in [0.15, 0.2) is 0 Å². The first-order valence-corrected chi connectivity index (χ1v) is 1.18. The van der Waals surface area contributed by atoms with E-state index in [1.165, 1.54) is 0 Å². The summed E-state index contributed by atoms with van der Waals surface area (Å²) in [6.45, 7) is 0. The van der Waals surface area contributed by atoms with Gasteiger partial charge in [-0.2, -0.15) is 0 Å². The second kappa shape index (κ2) is 1050. The molecule has 0 radical (unpaired) electrons.